The van der Waals surface area contributed by atoms with Crippen molar-refractivity contribution in [3.63, 3.8) is 0 Å². The Kier molecular flexibility index (Phi) is 7.10. The van der Waals surface area contributed by atoms with Gasteiger partial charge in [-0.2, -0.15) is 0 Å². The highest BCUT2D eigenvalue weighted by atomic mass is 16.5. The fourth-order valence-electron chi connectivity index (χ4n) is 4.44. The van der Waals surface area contributed by atoms with Crippen LogP contribution in [0, 0.1) is 6.92 Å². The molecule has 0 spiro atoms. The molecule has 0 amide bonds. The first kappa shape index (κ1) is 21.7. The number of nitrogens with one attached hydrogen (secondary N) is 2. The van der Waals surface area contributed by atoms with Crippen molar-refractivity contribution in [3.8, 4) is 5.75 Å². The first-order chi connectivity index (χ1) is 15.2. The van der Waals surface area contributed by atoms with Crippen molar-refractivity contribution in [1.82, 2.24) is 15.5 Å². The zero-order valence-electron chi connectivity index (χ0n) is 18.8. The number of benzene rings is 2. The van der Waals surface area contributed by atoms with Crippen LogP contribution in [0.25, 0.3) is 0 Å². The van der Waals surface area contributed by atoms with Gasteiger partial charge in [0.15, 0.2) is 5.96 Å². The van der Waals surface area contributed by atoms with E-state index in [4.69, 9.17) is 9.47 Å². The van der Waals surface area contributed by atoms with Crippen LogP contribution in [0.4, 0.5) is 0 Å². The van der Waals surface area contributed by atoms with Crippen LogP contribution in [0.3, 0.4) is 0 Å². The number of hydrogen-bond acceptors (Lipinski definition) is 4. The van der Waals surface area contributed by atoms with E-state index in [0.29, 0.717) is 12.0 Å². The van der Waals surface area contributed by atoms with Crippen LogP contribution >= 0.6 is 0 Å². The molecule has 2 fully saturated rings. The van der Waals surface area contributed by atoms with Crippen molar-refractivity contribution >= 4 is 5.96 Å². The SMILES string of the molecule is CN=C(NCC(c1ccc(OC)cc1)N1CCOCC1)NC1CC1c1ccccc1C. The lowest BCUT2D eigenvalue weighted by molar-refractivity contribution is 0.0170. The van der Waals surface area contributed by atoms with E-state index in [9.17, 15) is 0 Å². The smallest absolute Gasteiger partial charge is 0.191 e. The summed E-state index contributed by atoms with van der Waals surface area (Å²) in [7, 11) is 3.55. The Balaban J connectivity index is 1.39. The number of aliphatic imine (C=N–C) groups is 1. The van der Waals surface area contributed by atoms with Crippen LogP contribution in [0.1, 0.15) is 35.1 Å². The second kappa shape index (κ2) is 10.2. The Labute approximate surface area is 185 Å². The lowest BCUT2D eigenvalue weighted by atomic mass is 10.0. The van der Waals surface area contributed by atoms with E-state index in [-0.39, 0.29) is 6.04 Å². The maximum atomic E-state index is 5.58. The third-order valence-electron chi connectivity index (χ3n) is 6.37. The Hall–Kier alpha value is -2.57. The minimum absolute atomic E-state index is 0.250. The summed E-state index contributed by atoms with van der Waals surface area (Å²) < 4.78 is 10.9. The maximum absolute atomic E-state index is 5.58. The number of aryl methyl sites for hydroxylation is 1. The largest absolute Gasteiger partial charge is 0.497 e. The summed E-state index contributed by atoms with van der Waals surface area (Å²) in [5, 5.41) is 7.20. The summed E-state index contributed by atoms with van der Waals surface area (Å²) in [5.41, 5.74) is 4.08. The molecule has 4 rings (SSSR count). The van der Waals surface area contributed by atoms with Crippen molar-refractivity contribution < 1.29 is 9.47 Å². The minimum atomic E-state index is 0.250. The fourth-order valence-corrected chi connectivity index (χ4v) is 4.44. The van der Waals surface area contributed by atoms with E-state index in [1.165, 1.54) is 16.7 Å². The summed E-state index contributed by atoms with van der Waals surface area (Å²) in [6, 6.07) is 17.8. The van der Waals surface area contributed by atoms with Gasteiger partial charge < -0.3 is 20.1 Å². The molecule has 0 bridgehead atoms. The topological polar surface area (TPSA) is 58.1 Å². The fraction of sp³-hybridized carbons (Fsp3) is 0.480. The first-order valence-electron chi connectivity index (χ1n) is 11.2. The van der Waals surface area contributed by atoms with Crippen LogP contribution in [-0.2, 0) is 4.74 Å². The molecule has 1 aliphatic carbocycles. The molecule has 166 valence electrons. The van der Waals surface area contributed by atoms with Crippen molar-refractivity contribution in [1.29, 1.82) is 0 Å². The summed E-state index contributed by atoms with van der Waals surface area (Å²) in [4.78, 5) is 6.97. The third kappa shape index (κ3) is 5.38. The van der Waals surface area contributed by atoms with Gasteiger partial charge in [0.05, 0.1) is 26.4 Å². The highest BCUT2D eigenvalue weighted by Gasteiger charge is 2.39. The number of methoxy groups -OCH3 is 1. The molecule has 2 aromatic rings. The molecule has 1 aliphatic heterocycles. The van der Waals surface area contributed by atoms with Gasteiger partial charge >= 0.3 is 0 Å². The first-order valence-corrected chi connectivity index (χ1v) is 11.2. The molecule has 3 unspecified atom stereocenters. The van der Waals surface area contributed by atoms with Gasteiger partial charge in [0.1, 0.15) is 5.75 Å². The van der Waals surface area contributed by atoms with Gasteiger partial charge in [-0.25, -0.2) is 0 Å². The molecule has 6 nitrogen and oxygen atoms in total. The van der Waals surface area contributed by atoms with Gasteiger partial charge in [-0.05, 0) is 42.2 Å². The highest BCUT2D eigenvalue weighted by Crippen LogP contribution is 2.42. The van der Waals surface area contributed by atoms with Crippen LogP contribution in [0.5, 0.6) is 5.75 Å². The van der Waals surface area contributed by atoms with Gasteiger partial charge in [-0.3, -0.25) is 9.89 Å². The molecule has 1 saturated heterocycles. The Morgan fingerprint density at radius 2 is 1.90 bits per heavy atom. The van der Waals surface area contributed by atoms with Crippen molar-refractivity contribution in [2.24, 2.45) is 4.99 Å². The summed E-state index contributed by atoms with van der Waals surface area (Å²) in [6.07, 6.45) is 1.15. The van der Waals surface area contributed by atoms with Crippen LogP contribution in [-0.4, -0.2) is 63.9 Å². The van der Waals surface area contributed by atoms with E-state index < -0.39 is 0 Å². The van der Waals surface area contributed by atoms with Gasteiger partial charge in [0.25, 0.3) is 0 Å². The predicted octanol–water partition coefficient (Wildman–Crippen LogP) is 3.10. The number of rotatable bonds is 7. The molecular weight excluding hydrogens is 388 g/mol. The van der Waals surface area contributed by atoms with Crippen molar-refractivity contribution in [2.45, 2.75) is 31.3 Å². The highest BCUT2D eigenvalue weighted by molar-refractivity contribution is 5.80. The monoisotopic (exact) mass is 422 g/mol. The minimum Gasteiger partial charge on any atom is -0.497 e. The zero-order valence-corrected chi connectivity index (χ0v) is 18.8. The van der Waals surface area contributed by atoms with E-state index >= 15 is 0 Å². The van der Waals surface area contributed by atoms with E-state index in [1.54, 1.807) is 7.11 Å². The number of ether oxygens (including phenoxy) is 2. The van der Waals surface area contributed by atoms with E-state index in [0.717, 1.165) is 51.0 Å². The van der Waals surface area contributed by atoms with Gasteiger partial charge in [0, 0.05) is 38.6 Å². The molecular formula is C25H34N4O2. The molecule has 2 aliphatic rings. The van der Waals surface area contributed by atoms with Gasteiger partial charge in [0.2, 0.25) is 0 Å². The number of guanidine groups is 1. The molecule has 31 heavy (non-hydrogen) atoms. The molecule has 2 N–H and O–H groups in total. The van der Waals surface area contributed by atoms with Crippen LogP contribution in [0.15, 0.2) is 53.5 Å². The Morgan fingerprint density at radius 1 is 1.16 bits per heavy atom. The van der Waals surface area contributed by atoms with E-state index in [1.807, 2.05) is 19.2 Å². The number of nitrogens with zero attached hydrogens (tertiary/aromatic N) is 2. The molecule has 2 aromatic carbocycles. The zero-order chi connectivity index (χ0) is 21.6. The predicted molar refractivity (Wildman–Crippen MR) is 125 cm³/mol. The second-order valence-corrected chi connectivity index (χ2v) is 8.34. The molecule has 6 heteroatoms. The van der Waals surface area contributed by atoms with Crippen LogP contribution < -0.4 is 15.4 Å². The average molecular weight is 423 g/mol. The average Bonchev–Trinajstić information content (AvgIpc) is 3.58. The number of morpholine rings is 1. The van der Waals surface area contributed by atoms with Crippen LogP contribution in [0.2, 0.25) is 0 Å². The van der Waals surface area contributed by atoms with E-state index in [2.05, 4.69) is 63.8 Å². The quantitative estimate of drug-likeness (QED) is 0.530. The Morgan fingerprint density at radius 3 is 2.58 bits per heavy atom. The summed E-state index contributed by atoms with van der Waals surface area (Å²) in [5.74, 6) is 2.31. The standard InChI is InChI=1S/C25H34N4O2/c1-18-6-4-5-7-21(18)22-16-23(22)28-25(26-2)27-17-24(29-12-14-31-15-13-29)19-8-10-20(30-3)11-9-19/h4-11,22-24H,12-17H2,1-3H3,(H2,26,27,28). The molecule has 0 radical (unpaired) electrons. The lowest BCUT2D eigenvalue weighted by Gasteiger charge is -2.35. The normalized spacial score (nSPS) is 22.6. The third-order valence-corrected chi connectivity index (χ3v) is 6.37. The Bertz CT molecular complexity index is 877. The summed E-state index contributed by atoms with van der Waals surface area (Å²) >= 11 is 0. The van der Waals surface area contributed by atoms with Gasteiger partial charge in [-0.15, -0.1) is 0 Å². The van der Waals surface area contributed by atoms with Gasteiger partial charge in [-0.1, -0.05) is 36.4 Å². The lowest BCUT2D eigenvalue weighted by Crippen LogP contribution is -2.46. The molecule has 1 saturated carbocycles. The number of hydrogen-bond donors (Lipinski definition) is 2. The molecule has 3 atom stereocenters. The summed E-state index contributed by atoms with van der Waals surface area (Å²) in [6.45, 7) is 6.40. The van der Waals surface area contributed by atoms with Crippen molar-refractivity contribution in [2.75, 3.05) is 47.0 Å². The van der Waals surface area contributed by atoms with Crippen molar-refractivity contribution in [3.05, 3.63) is 65.2 Å². The molecule has 0 aromatic heterocycles. The second-order valence-electron chi connectivity index (χ2n) is 8.34. The molecule has 1 heterocycles. The maximum Gasteiger partial charge on any atom is 0.191 e.